The molecule has 4 nitrogen and oxygen atoms in total. The summed E-state index contributed by atoms with van der Waals surface area (Å²) in [5, 5.41) is 13.3. The number of nitrogens with zero attached hydrogens (tertiary/aromatic N) is 1. The quantitative estimate of drug-likeness (QED) is 0.712. The number of carbonyl (C=O) groups is 1. The van der Waals surface area contributed by atoms with Gasteiger partial charge in [0.25, 0.3) is 0 Å². The van der Waals surface area contributed by atoms with Crippen molar-refractivity contribution in [3.05, 3.63) is 40.4 Å². The van der Waals surface area contributed by atoms with E-state index >= 15 is 0 Å². The maximum absolute atomic E-state index is 12.1. The molecule has 0 aromatic heterocycles. The van der Waals surface area contributed by atoms with Gasteiger partial charge in [0.1, 0.15) is 5.75 Å². The summed E-state index contributed by atoms with van der Waals surface area (Å²) < 4.78 is 5.42. The zero-order chi connectivity index (χ0) is 17.4. The molecule has 1 heterocycles. The molecule has 1 aromatic carbocycles. The van der Waals surface area contributed by atoms with Crippen LogP contribution in [0.5, 0.6) is 5.75 Å². The van der Waals surface area contributed by atoms with Gasteiger partial charge in [0, 0.05) is 17.9 Å². The molecule has 1 amide bonds. The van der Waals surface area contributed by atoms with Crippen molar-refractivity contribution in [2.75, 3.05) is 12.9 Å². The number of benzene rings is 1. The Morgan fingerprint density at radius 3 is 2.83 bits per heavy atom. The van der Waals surface area contributed by atoms with Crippen molar-refractivity contribution in [1.82, 2.24) is 5.32 Å². The van der Waals surface area contributed by atoms with E-state index in [0.29, 0.717) is 10.6 Å². The number of nitriles is 1. The third-order valence-corrected chi connectivity index (χ3v) is 5.22. The van der Waals surface area contributed by atoms with Gasteiger partial charge in [-0.25, -0.2) is 0 Å². The fourth-order valence-electron chi connectivity index (χ4n) is 2.86. The van der Waals surface area contributed by atoms with Crippen LogP contribution in [0.3, 0.4) is 0 Å². The van der Waals surface area contributed by atoms with Gasteiger partial charge in [-0.1, -0.05) is 44.4 Å². The third-order valence-electron chi connectivity index (χ3n) is 4.11. The first-order valence-electron chi connectivity index (χ1n) is 8.41. The summed E-state index contributed by atoms with van der Waals surface area (Å²) in [5.74, 6) is 1.36. The summed E-state index contributed by atoms with van der Waals surface area (Å²) >= 11 is 1.58. The number of allylic oxidation sites excluding steroid dienone is 1. The monoisotopic (exact) mass is 344 g/mol. The first-order valence-corrected chi connectivity index (χ1v) is 9.39. The standard InChI is InChI=1S/C19H24N2O2S/c1-3-4-5-8-11-24-19-16(13-20)15(12-18(22)21-19)14-9-6-7-10-17(14)23-2/h6-7,9-10,15H,3-5,8,11-12H2,1-2H3,(H,21,22)/t15-/m0/s1. The fourth-order valence-corrected chi connectivity index (χ4v) is 3.94. The molecule has 24 heavy (non-hydrogen) atoms. The number of para-hydroxylation sites is 1. The number of unbranched alkanes of at least 4 members (excludes halogenated alkanes) is 3. The number of nitrogens with one attached hydrogen (secondary N) is 1. The molecule has 5 heteroatoms. The summed E-state index contributed by atoms with van der Waals surface area (Å²) in [6.45, 7) is 2.18. The smallest absolute Gasteiger partial charge is 0.225 e. The van der Waals surface area contributed by atoms with E-state index in [1.807, 2.05) is 24.3 Å². The molecular weight excluding hydrogens is 320 g/mol. The van der Waals surface area contributed by atoms with Gasteiger partial charge in [-0.05, 0) is 18.2 Å². The Morgan fingerprint density at radius 1 is 1.33 bits per heavy atom. The number of methoxy groups -OCH3 is 1. The van der Waals surface area contributed by atoms with Crippen molar-refractivity contribution in [3.63, 3.8) is 0 Å². The van der Waals surface area contributed by atoms with Gasteiger partial charge in [0.2, 0.25) is 5.91 Å². The SMILES string of the molecule is CCCCCCSC1=C(C#N)[C@H](c2ccccc2OC)CC(=O)N1. The zero-order valence-corrected chi connectivity index (χ0v) is 15.1. The minimum absolute atomic E-state index is 0.0408. The molecule has 0 unspecified atom stereocenters. The van der Waals surface area contributed by atoms with E-state index in [0.717, 1.165) is 23.5 Å². The number of rotatable bonds is 8. The first-order chi connectivity index (χ1) is 11.7. The van der Waals surface area contributed by atoms with Gasteiger partial charge >= 0.3 is 0 Å². The predicted octanol–water partition coefficient (Wildman–Crippen LogP) is 4.35. The molecule has 0 saturated carbocycles. The van der Waals surface area contributed by atoms with Crippen LogP contribution in [0.1, 0.15) is 50.5 Å². The maximum atomic E-state index is 12.1. The molecule has 0 radical (unpaired) electrons. The topological polar surface area (TPSA) is 62.1 Å². The lowest BCUT2D eigenvalue weighted by atomic mass is 9.86. The molecule has 1 N–H and O–H groups in total. The second kappa shape index (κ2) is 9.39. The molecule has 0 spiro atoms. The van der Waals surface area contributed by atoms with E-state index in [1.165, 1.54) is 19.3 Å². The van der Waals surface area contributed by atoms with Crippen LogP contribution in [-0.4, -0.2) is 18.8 Å². The van der Waals surface area contributed by atoms with Crippen molar-refractivity contribution >= 4 is 17.7 Å². The Bertz CT molecular complexity index is 649. The second-order valence-corrected chi connectivity index (χ2v) is 6.92. The summed E-state index contributed by atoms with van der Waals surface area (Å²) in [6, 6.07) is 9.92. The van der Waals surface area contributed by atoms with Crippen LogP contribution in [0.25, 0.3) is 0 Å². The van der Waals surface area contributed by atoms with Crippen molar-refractivity contribution in [2.45, 2.75) is 44.9 Å². The van der Waals surface area contributed by atoms with Crippen LogP contribution < -0.4 is 10.1 Å². The van der Waals surface area contributed by atoms with E-state index in [1.54, 1.807) is 18.9 Å². The Labute approximate surface area is 148 Å². The summed E-state index contributed by atoms with van der Waals surface area (Å²) in [4.78, 5) is 12.1. The van der Waals surface area contributed by atoms with Gasteiger partial charge in [-0.3, -0.25) is 4.79 Å². The minimum atomic E-state index is -0.238. The van der Waals surface area contributed by atoms with E-state index in [-0.39, 0.29) is 18.2 Å². The van der Waals surface area contributed by atoms with Crippen LogP contribution in [0, 0.1) is 11.3 Å². The Hall–Kier alpha value is -1.93. The van der Waals surface area contributed by atoms with E-state index < -0.39 is 0 Å². The van der Waals surface area contributed by atoms with E-state index in [2.05, 4.69) is 18.3 Å². The highest BCUT2D eigenvalue weighted by molar-refractivity contribution is 8.03. The number of thioether (sulfide) groups is 1. The molecule has 0 saturated heterocycles. The number of ether oxygens (including phenoxy) is 1. The Balaban J connectivity index is 2.22. The van der Waals surface area contributed by atoms with Gasteiger partial charge in [-0.2, -0.15) is 5.26 Å². The Morgan fingerprint density at radius 2 is 2.12 bits per heavy atom. The molecule has 0 aliphatic carbocycles. The first kappa shape index (κ1) is 18.4. The van der Waals surface area contributed by atoms with Crippen LogP contribution >= 0.6 is 11.8 Å². The minimum Gasteiger partial charge on any atom is -0.496 e. The third kappa shape index (κ3) is 4.55. The number of amides is 1. The molecule has 0 bridgehead atoms. The second-order valence-electron chi connectivity index (χ2n) is 5.81. The van der Waals surface area contributed by atoms with Crippen LogP contribution in [0.15, 0.2) is 34.9 Å². The fraction of sp³-hybridized carbons (Fsp3) is 0.474. The van der Waals surface area contributed by atoms with Gasteiger partial charge in [0.15, 0.2) is 0 Å². The molecule has 1 aliphatic heterocycles. The van der Waals surface area contributed by atoms with E-state index in [4.69, 9.17) is 4.74 Å². The Kier molecular flexibility index (Phi) is 7.20. The molecule has 128 valence electrons. The summed E-state index contributed by atoms with van der Waals surface area (Å²) in [5.41, 5.74) is 1.54. The molecule has 0 fully saturated rings. The normalized spacial score (nSPS) is 17.4. The summed E-state index contributed by atoms with van der Waals surface area (Å²) in [6.07, 6.45) is 4.98. The lowest BCUT2D eigenvalue weighted by Gasteiger charge is -2.26. The van der Waals surface area contributed by atoms with Crippen molar-refractivity contribution in [3.8, 4) is 11.8 Å². The van der Waals surface area contributed by atoms with Crippen LogP contribution in [0.4, 0.5) is 0 Å². The highest BCUT2D eigenvalue weighted by Gasteiger charge is 2.31. The number of hydrogen-bond acceptors (Lipinski definition) is 4. The molecule has 1 atom stereocenters. The number of hydrogen-bond donors (Lipinski definition) is 1. The molecule has 2 rings (SSSR count). The zero-order valence-electron chi connectivity index (χ0n) is 14.3. The maximum Gasteiger partial charge on any atom is 0.225 e. The van der Waals surface area contributed by atoms with Crippen molar-refractivity contribution in [2.24, 2.45) is 0 Å². The highest BCUT2D eigenvalue weighted by atomic mass is 32.2. The average Bonchev–Trinajstić information content (AvgIpc) is 2.61. The van der Waals surface area contributed by atoms with Crippen LogP contribution in [-0.2, 0) is 4.79 Å². The van der Waals surface area contributed by atoms with Gasteiger partial charge in [0.05, 0.1) is 23.8 Å². The van der Waals surface area contributed by atoms with E-state index in [9.17, 15) is 10.1 Å². The summed E-state index contributed by atoms with van der Waals surface area (Å²) in [7, 11) is 1.61. The van der Waals surface area contributed by atoms with Crippen molar-refractivity contribution in [1.29, 1.82) is 5.26 Å². The van der Waals surface area contributed by atoms with Crippen LogP contribution in [0.2, 0.25) is 0 Å². The predicted molar refractivity (Wildman–Crippen MR) is 97.7 cm³/mol. The van der Waals surface area contributed by atoms with Crippen molar-refractivity contribution < 1.29 is 9.53 Å². The molecule has 1 aromatic rings. The largest absolute Gasteiger partial charge is 0.496 e. The molecular formula is C19H24N2O2S. The average molecular weight is 344 g/mol. The van der Waals surface area contributed by atoms with Gasteiger partial charge < -0.3 is 10.1 Å². The lowest BCUT2D eigenvalue weighted by Crippen LogP contribution is -2.31. The molecule has 1 aliphatic rings. The number of carbonyl (C=O) groups excluding carboxylic acids is 1. The lowest BCUT2D eigenvalue weighted by molar-refractivity contribution is -0.120. The highest BCUT2D eigenvalue weighted by Crippen LogP contribution is 2.39. The van der Waals surface area contributed by atoms with Gasteiger partial charge in [-0.15, -0.1) is 11.8 Å².